The minimum Gasteiger partial charge on any atom is -0.340 e. The maximum absolute atomic E-state index is 12.6. The molecule has 0 fully saturated rings. The van der Waals surface area contributed by atoms with Crippen molar-refractivity contribution >= 4 is 5.91 Å². The van der Waals surface area contributed by atoms with Gasteiger partial charge in [-0.2, -0.15) is 10.2 Å². The highest BCUT2D eigenvalue weighted by molar-refractivity contribution is 5.76. The van der Waals surface area contributed by atoms with Crippen LogP contribution in [0.5, 0.6) is 0 Å². The normalized spacial score (nSPS) is 16.7. The van der Waals surface area contributed by atoms with Crippen LogP contribution in [0.15, 0.2) is 0 Å². The molecule has 4 rings (SSSR count). The highest BCUT2D eigenvalue weighted by atomic mass is 16.2. The molecule has 6 nitrogen and oxygen atoms in total. The van der Waals surface area contributed by atoms with Crippen LogP contribution in [0.3, 0.4) is 0 Å². The van der Waals surface area contributed by atoms with E-state index in [9.17, 15) is 4.79 Å². The fourth-order valence-electron chi connectivity index (χ4n) is 4.34. The standard InChI is InChI=1S/C20H29N5O/c1-25(13-19-15-7-3-2-4-9-17(15)22-24-19)20(26)12-11-18-14-8-5-6-10-16(14)21-23-18/h2-13H2,1H3,(H,21,23)(H,22,24). The lowest BCUT2D eigenvalue weighted by molar-refractivity contribution is -0.130. The van der Waals surface area contributed by atoms with Gasteiger partial charge in [-0.05, 0) is 62.5 Å². The first-order valence-electron chi connectivity index (χ1n) is 10.1. The predicted octanol–water partition coefficient (Wildman–Crippen LogP) is 2.87. The summed E-state index contributed by atoms with van der Waals surface area (Å²) in [5, 5.41) is 15.3. The second-order valence-electron chi connectivity index (χ2n) is 7.77. The largest absolute Gasteiger partial charge is 0.340 e. The Hall–Kier alpha value is -2.11. The molecule has 0 bridgehead atoms. The van der Waals surface area contributed by atoms with Crippen LogP contribution in [-0.4, -0.2) is 38.2 Å². The summed E-state index contributed by atoms with van der Waals surface area (Å²) in [6.07, 6.45) is 11.8. The topological polar surface area (TPSA) is 77.7 Å². The highest BCUT2D eigenvalue weighted by Gasteiger charge is 2.20. The second-order valence-corrected chi connectivity index (χ2v) is 7.77. The van der Waals surface area contributed by atoms with E-state index in [-0.39, 0.29) is 5.91 Å². The summed E-state index contributed by atoms with van der Waals surface area (Å²) in [7, 11) is 1.89. The number of carbonyl (C=O) groups is 1. The van der Waals surface area contributed by atoms with Gasteiger partial charge in [0.05, 0.1) is 17.9 Å². The SMILES string of the molecule is CN(Cc1n[nH]c2c1CCCCC2)C(=O)CCc1n[nH]c2c1CCCC2. The highest BCUT2D eigenvalue weighted by Crippen LogP contribution is 2.24. The Morgan fingerprint density at radius 2 is 1.46 bits per heavy atom. The summed E-state index contributed by atoms with van der Waals surface area (Å²) < 4.78 is 0. The Morgan fingerprint density at radius 3 is 2.23 bits per heavy atom. The summed E-state index contributed by atoms with van der Waals surface area (Å²) in [4.78, 5) is 14.4. The van der Waals surface area contributed by atoms with Crippen LogP contribution in [0.25, 0.3) is 0 Å². The lowest BCUT2D eigenvalue weighted by Gasteiger charge is -2.17. The van der Waals surface area contributed by atoms with Crippen molar-refractivity contribution in [2.45, 2.75) is 77.2 Å². The minimum absolute atomic E-state index is 0.169. The molecular weight excluding hydrogens is 326 g/mol. The van der Waals surface area contributed by atoms with Gasteiger partial charge in [0.15, 0.2) is 0 Å². The Bertz CT molecular complexity index is 775. The van der Waals surface area contributed by atoms with Crippen molar-refractivity contribution in [1.29, 1.82) is 0 Å². The van der Waals surface area contributed by atoms with E-state index in [1.807, 2.05) is 11.9 Å². The van der Waals surface area contributed by atoms with Crippen molar-refractivity contribution in [3.8, 4) is 0 Å². The number of hydrogen-bond acceptors (Lipinski definition) is 3. The number of hydrogen-bond donors (Lipinski definition) is 2. The van der Waals surface area contributed by atoms with Gasteiger partial charge < -0.3 is 4.90 Å². The second kappa shape index (κ2) is 7.64. The zero-order valence-electron chi connectivity index (χ0n) is 15.7. The number of fused-ring (bicyclic) bond motifs is 2. The molecule has 0 radical (unpaired) electrons. The number of amides is 1. The number of carbonyl (C=O) groups excluding carboxylic acids is 1. The summed E-state index contributed by atoms with van der Waals surface area (Å²) >= 11 is 0. The van der Waals surface area contributed by atoms with Crippen LogP contribution in [0.4, 0.5) is 0 Å². The lowest BCUT2D eigenvalue weighted by Crippen LogP contribution is -2.27. The first kappa shape index (κ1) is 17.3. The average molecular weight is 355 g/mol. The zero-order chi connectivity index (χ0) is 17.9. The molecule has 0 spiro atoms. The van der Waals surface area contributed by atoms with Gasteiger partial charge in [0.2, 0.25) is 5.91 Å². The van der Waals surface area contributed by atoms with Crippen molar-refractivity contribution in [1.82, 2.24) is 25.3 Å². The monoisotopic (exact) mass is 355 g/mol. The maximum atomic E-state index is 12.6. The lowest BCUT2D eigenvalue weighted by atomic mass is 9.94. The van der Waals surface area contributed by atoms with Crippen LogP contribution in [-0.2, 0) is 43.4 Å². The van der Waals surface area contributed by atoms with Gasteiger partial charge in [-0.1, -0.05) is 6.42 Å². The maximum Gasteiger partial charge on any atom is 0.223 e. The minimum atomic E-state index is 0.169. The zero-order valence-corrected chi connectivity index (χ0v) is 15.7. The van der Waals surface area contributed by atoms with Crippen LogP contribution < -0.4 is 0 Å². The molecule has 0 saturated carbocycles. The first-order valence-corrected chi connectivity index (χ1v) is 10.1. The molecule has 2 heterocycles. The van der Waals surface area contributed by atoms with E-state index in [2.05, 4.69) is 20.4 Å². The molecule has 2 aliphatic carbocycles. The molecule has 2 N–H and O–H groups in total. The third-order valence-corrected chi connectivity index (χ3v) is 5.92. The summed E-state index contributed by atoms with van der Waals surface area (Å²) in [5.41, 5.74) is 7.42. The third kappa shape index (κ3) is 3.55. The number of H-pyrrole nitrogens is 2. The molecule has 140 valence electrons. The number of rotatable bonds is 5. The van der Waals surface area contributed by atoms with Crippen molar-refractivity contribution in [2.24, 2.45) is 0 Å². The fraction of sp³-hybridized carbons (Fsp3) is 0.650. The molecule has 0 saturated heterocycles. The number of nitrogens with one attached hydrogen (secondary N) is 2. The molecule has 2 aromatic rings. The number of aromatic amines is 2. The Labute approximate surface area is 154 Å². The van der Waals surface area contributed by atoms with E-state index < -0.39 is 0 Å². The smallest absolute Gasteiger partial charge is 0.223 e. The van der Waals surface area contributed by atoms with Crippen molar-refractivity contribution in [3.63, 3.8) is 0 Å². The van der Waals surface area contributed by atoms with Crippen molar-refractivity contribution in [2.75, 3.05) is 7.05 Å². The van der Waals surface area contributed by atoms with Crippen LogP contribution >= 0.6 is 0 Å². The van der Waals surface area contributed by atoms with E-state index in [1.54, 1.807) is 0 Å². The number of aryl methyl sites for hydroxylation is 3. The summed E-state index contributed by atoms with van der Waals surface area (Å²) in [6, 6.07) is 0. The van der Waals surface area contributed by atoms with Crippen molar-refractivity contribution in [3.05, 3.63) is 33.9 Å². The molecule has 2 aromatic heterocycles. The van der Waals surface area contributed by atoms with Crippen LogP contribution in [0, 0.1) is 0 Å². The van der Waals surface area contributed by atoms with E-state index in [0.29, 0.717) is 13.0 Å². The molecule has 6 heteroatoms. The fourth-order valence-corrected chi connectivity index (χ4v) is 4.34. The van der Waals surface area contributed by atoms with Gasteiger partial charge in [0.1, 0.15) is 0 Å². The molecule has 2 aliphatic rings. The van der Waals surface area contributed by atoms with E-state index in [0.717, 1.165) is 43.5 Å². The number of nitrogens with zero attached hydrogens (tertiary/aromatic N) is 3. The quantitative estimate of drug-likeness (QED) is 0.810. The molecule has 0 unspecified atom stereocenters. The van der Waals surface area contributed by atoms with Crippen LogP contribution in [0.1, 0.15) is 72.4 Å². The van der Waals surface area contributed by atoms with Gasteiger partial charge in [-0.15, -0.1) is 0 Å². The third-order valence-electron chi connectivity index (χ3n) is 5.92. The van der Waals surface area contributed by atoms with Crippen molar-refractivity contribution < 1.29 is 4.79 Å². The van der Waals surface area contributed by atoms with Gasteiger partial charge in [0.25, 0.3) is 0 Å². The van der Waals surface area contributed by atoms with E-state index >= 15 is 0 Å². The van der Waals surface area contributed by atoms with Crippen LogP contribution in [0.2, 0.25) is 0 Å². The molecule has 0 atom stereocenters. The predicted molar refractivity (Wildman–Crippen MR) is 99.9 cm³/mol. The summed E-state index contributed by atoms with van der Waals surface area (Å²) in [5.74, 6) is 0.169. The molecular formula is C20H29N5O. The molecule has 0 aromatic carbocycles. The van der Waals surface area contributed by atoms with E-state index in [1.165, 1.54) is 54.6 Å². The van der Waals surface area contributed by atoms with Gasteiger partial charge in [0, 0.05) is 31.3 Å². The van der Waals surface area contributed by atoms with Gasteiger partial charge >= 0.3 is 0 Å². The molecule has 1 amide bonds. The Morgan fingerprint density at radius 1 is 0.885 bits per heavy atom. The van der Waals surface area contributed by atoms with Gasteiger partial charge in [-0.3, -0.25) is 15.0 Å². The Kier molecular flexibility index (Phi) is 5.09. The average Bonchev–Trinajstić information content (AvgIpc) is 3.15. The molecule has 26 heavy (non-hydrogen) atoms. The van der Waals surface area contributed by atoms with Gasteiger partial charge in [-0.25, -0.2) is 0 Å². The Balaban J connectivity index is 1.35. The first-order chi connectivity index (χ1) is 12.7. The molecule has 0 aliphatic heterocycles. The summed E-state index contributed by atoms with van der Waals surface area (Å²) in [6.45, 7) is 0.601. The number of aromatic nitrogens is 4. The van der Waals surface area contributed by atoms with E-state index in [4.69, 9.17) is 0 Å².